The molecule has 0 aliphatic carbocycles. The molecule has 0 saturated carbocycles. The van der Waals surface area contributed by atoms with Gasteiger partial charge in [0.15, 0.2) is 0 Å². The number of aliphatic hydroxyl groups is 2. The summed E-state index contributed by atoms with van der Waals surface area (Å²) in [5, 5.41) is 18.7. The highest BCUT2D eigenvalue weighted by molar-refractivity contribution is 4.99. The Bertz CT molecular complexity index is 153. The first-order valence-corrected chi connectivity index (χ1v) is 3.82. The summed E-state index contributed by atoms with van der Waals surface area (Å²) in [5.41, 5.74) is -0.598. The molecule has 0 radical (unpaired) electrons. The molecule has 2 fully saturated rings. The minimum absolute atomic E-state index is 0.227. The van der Waals surface area contributed by atoms with Crippen LogP contribution < -0.4 is 0 Å². The highest BCUT2D eigenvalue weighted by Gasteiger charge is 2.51. The summed E-state index contributed by atoms with van der Waals surface area (Å²) in [6.45, 7) is 1.25. The molecule has 4 nitrogen and oxygen atoms in total. The summed E-state index contributed by atoms with van der Waals surface area (Å²) in [4.78, 5) is 0. The van der Waals surface area contributed by atoms with E-state index in [-0.39, 0.29) is 6.61 Å². The maximum absolute atomic E-state index is 9.49. The van der Waals surface area contributed by atoms with Gasteiger partial charge in [-0.25, -0.2) is 0 Å². The van der Waals surface area contributed by atoms with Crippen molar-refractivity contribution in [2.45, 2.75) is 24.2 Å². The molecule has 3 unspecified atom stereocenters. The molecule has 0 amide bonds. The summed E-state index contributed by atoms with van der Waals surface area (Å²) in [6, 6.07) is 0. The third kappa shape index (κ3) is 0.980. The average molecular weight is 160 g/mol. The van der Waals surface area contributed by atoms with E-state index in [2.05, 4.69) is 0 Å². The Kier molecular flexibility index (Phi) is 1.64. The van der Waals surface area contributed by atoms with E-state index in [0.717, 1.165) is 0 Å². The summed E-state index contributed by atoms with van der Waals surface area (Å²) in [6.07, 6.45) is -0.827. The SMILES string of the molecule is OC1COC2(CCOC2)C1O. The van der Waals surface area contributed by atoms with E-state index < -0.39 is 17.8 Å². The van der Waals surface area contributed by atoms with Crippen molar-refractivity contribution in [1.82, 2.24) is 0 Å². The second kappa shape index (κ2) is 2.42. The van der Waals surface area contributed by atoms with Gasteiger partial charge in [-0.15, -0.1) is 0 Å². The lowest BCUT2D eigenvalue weighted by Gasteiger charge is -2.24. The molecule has 1 spiro atoms. The van der Waals surface area contributed by atoms with Crippen LogP contribution in [0, 0.1) is 0 Å². The van der Waals surface area contributed by atoms with Crippen molar-refractivity contribution in [2.24, 2.45) is 0 Å². The lowest BCUT2D eigenvalue weighted by Crippen LogP contribution is -2.43. The minimum atomic E-state index is -0.773. The second-order valence-corrected chi connectivity index (χ2v) is 3.19. The van der Waals surface area contributed by atoms with Crippen LogP contribution in [0.5, 0.6) is 0 Å². The summed E-state index contributed by atoms with van der Waals surface area (Å²) in [5.74, 6) is 0. The third-order valence-corrected chi connectivity index (χ3v) is 2.46. The first-order valence-electron chi connectivity index (χ1n) is 3.82. The van der Waals surface area contributed by atoms with E-state index in [4.69, 9.17) is 9.47 Å². The van der Waals surface area contributed by atoms with Crippen molar-refractivity contribution in [1.29, 1.82) is 0 Å². The first-order chi connectivity index (χ1) is 5.25. The van der Waals surface area contributed by atoms with Crippen molar-refractivity contribution < 1.29 is 19.7 Å². The lowest BCUT2D eigenvalue weighted by atomic mass is 9.95. The Hall–Kier alpha value is -0.160. The Balaban J connectivity index is 2.13. The molecule has 2 aliphatic heterocycles. The Labute approximate surface area is 64.7 Å². The van der Waals surface area contributed by atoms with Crippen molar-refractivity contribution in [3.05, 3.63) is 0 Å². The number of hydrogen-bond donors (Lipinski definition) is 2. The van der Waals surface area contributed by atoms with Crippen molar-refractivity contribution in [3.63, 3.8) is 0 Å². The molecule has 2 saturated heterocycles. The normalized spacial score (nSPS) is 50.7. The van der Waals surface area contributed by atoms with Gasteiger partial charge in [-0.1, -0.05) is 0 Å². The summed E-state index contributed by atoms with van der Waals surface area (Å²) < 4.78 is 10.4. The molecule has 11 heavy (non-hydrogen) atoms. The number of aliphatic hydroxyl groups excluding tert-OH is 2. The van der Waals surface area contributed by atoms with Crippen molar-refractivity contribution >= 4 is 0 Å². The molecule has 0 aromatic carbocycles. The average Bonchev–Trinajstić information content (AvgIpc) is 2.56. The zero-order valence-corrected chi connectivity index (χ0v) is 6.19. The Morgan fingerprint density at radius 2 is 2.18 bits per heavy atom. The van der Waals surface area contributed by atoms with Crippen LogP contribution in [0.2, 0.25) is 0 Å². The highest BCUT2D eigenvalue weighted by atomic mass is 16.6. The Morgan fingerprint density at radius 1 is 1.36 bits per heavy atom. The van der Waals surface area contributed by atoms with Crippen LogP contribution in [0.3, 0.4) is 0 Å². The first kappa shape index (κ1) is 7.49. The predicted octanol–water partition coefficient (Wildman–Crippen LogP) is -1.10. The molecular formula is C7H12O4. The quantitative estimate of drug-likeness (QED) is 0.472. The zero-order chi connectivity index (χ0) is 7.90. The Morgan fingerprint density at radius 3 is 2.64 bits per heavy atom. The molecule has 0 aromatic rings. The number of hydrogen-bond acceptors (Lipinski definition) is 4. The molecule has 4 heteroatoms. The van der Waals surface area contributed by atoms with Crippen molar-refractivity contribution in [3.8, 4) is 0 Å². The van der Waals surface area contributed by atoms with Crippen LogP contribution in [-0.2, 0) is 9.47 Å². The van der Waals surface area contributed by atoms with Crippen LogP contribution in [0.1, 0.15) is 6.42 Å². The van der Waals surface area contributed by atoms with Crippen LogP contribution in [0.25, 0.3) is 0 Å². The molecule has 0 bridgehead atoms. The largest absolute Gasteiger partial charge is 0.388 e. The standard InChI is InChI=1S/C7H12O4/c8-5-3-11-7(6(5)9)1-2-10-4-7/h5-6,8-9H,1-4H2. The lowest BCUT2D eigenvalue weighted by molar-refractivity contribution is -0.0656. The molecular weight excluding hydrogens is 148 g/mol. The fourth-order valence-corrected chi connectivity index (χ4v) is 1.69. The molecule has 64 valence electrons. The maximum atomic E-state index is 9.49. The van der Waals surface area contributed by atoms with Crippen LogP contribution in [-0.4, -0.2) is 47.8 Å². The van der Waals surface area contributed by atoms with E-state index in [1.807, 2.05) is 0 Å². The molecule has 0 aromatic heterocycles. The van der Waals surface area contributed by atoms with E-state index in [1.165, 1.54) is 0 Å². The van der Waals surface area contributed by atoms with Gasteiger partial charge in [0.1, 0.15) is 17.8 Å². The van der Waals surface area contributed by atoms with E-state index in [0.29, 0.717) is 19.6 Å². The third-order valence-electron chi connectivity index (χ3n) is 2.46. The maximum Gasteiger partial charge on any atom is 0.122 e. The van der Waals surface area contributed by atoms with Gasteiger partial charge in [0.25, 0.3) is 0 Å². The van der Waals surface area contributed by atoms with E-state index in [9.17, 15) is 10.2 Å². The van der Waals surface area contributed by atoms with Gasteiger partial charge in [-0.3, -0.25) is 0 Å². The van der Waals surface area contributed by atoms with Crippen LogP contribution >= 0.6 is 0 Å². The van der Waals surface area contributed by atoms with Gasteiger partial charge in [0, 0.05) is 13.0 Å². The molecule has 2 heterocycles. The van der Waals surface area contributed by atoms with Gasteiger partial charge in [0.2, 0.25) is 0 Å². The molecule has 3 atom stereocenters. The highest BCUT2D eigenvalue weighted by Crippen LogP contribution is 2.33. The second-order valence-electron chi connectivity index (χ2n) is 3.19. The van der Waals surface area contributed by atoms with E-state index in [1.54, 1.807) is 0 Å². The molecule has 2 aliphatic rings. The predicted molar refractivity (Wildman–Crippen MR) is 36.1 cm³/mol. The van der Waals surface area contributed by atoms with Gasteiger partial charge < -0.3 is 19.7 Å². The van der Waals surface area contributed by atoms with Crippen molar-refractivity contribution in [2.75, 3.05) is 19.8 Å². The minimum Gasteiger partial charge on any atom is -0.388 e. The smallest absolute Gasteiger partial charge is 0.122 e. The van der Waals surface area contributed by atoms with Gasteiger partial charge >= 0.3 is 0 Å². The van der Waals surface area contributed by atoms with Gasteiger partial charge in [0.05, 0.1) is 13.2 Å². The van der Waals surface area contributed by atoms with Crippen LogP contribution in [0.15, 0.2) is 0 Å². The number of ether oxygens (including phenoxy) is 2. The molecule has 2 rings (SSSR count). The summed E-state index contributed by atoms with van der Waals surface area (Å²) in [7, 11) is 0. The fourth-order valence-electron chi connectivity index (χ4n) is 1.69. The molecule has 2 N–H and O–H groups in total. The zero-order valence-electron chi connectivity index (χ0n) is 6.19. The summed E-state index contributed by atoms with van der Waals surface area (Å²) >= 11 is 0. The fraction of sp³-hybridized carbons (Fsp3) is 1.00. The monoisotopic (exact) mass is 160 g/mol. The van der Waals surface area contributed by atoms with Crippen LogP contribution in [0.4, 0.5) is 0 Å². The van der Waals surface area contributed by atoms with E-state index >= 15 is 0 Å². The van der Waals surface area contributed by atoms with Gasteiger partial charge in [-0.2, -0.15) is 0 Å². The number of rotatable bonds is 0. The van der Waals surface area contributed by atoms with Gasteiger partial charge in [-0.05, 0) is 0 Å². The topological polar surface area (TPSA) is 58.9 Å².